The number of carbonyl (C=O) groups is 1. The maximum Gasteiger partial charge on any atom is 0.319 e. The van der Waals surface area contributed by atoms with Crippen LogP contribution in [0.1, 0.15) is 87.9 Å². The van der Waals surface area contributed by atoms with Crippen LogP contribution >= 0.6 is 23.2 Å². The molecule has 48 heavy (non-hydrogen) atoms. The van der Waals surface area contributed by atoms with Crippen molar-refractivity contribution in [2.24, 2.45) is 0 Å². The van der Waals surface area contributed by atoms with Crippen LogP contribution in [0.3, 0.4) is 0 Å². The van der Waals surface area contributed by atoms with Crippen molar-refractivity contribution in [3.05, 3.63) is 81.2 Å². The lowest BCUT2D eigenvalue weighted by Crippen LogP contribution is -2.48. The smallest absolute Gasteiger partial charge is 0.319 e. The molecule has 1 aliphatic rings. The maximum absolute atomic E-state index is 14.6. The number of hydrogen-bond donors (Lipinski definition) is 0. The summed E-state index contributed by atoms with van der Waals surface area (Å²) >= 11 is 12.9. The Balaban J connectivity index is 1.77. The summed E-state index contributed by atoms with van der Waals surface area (Å²) in [5, 5.41) is 1.13. The van der Waals surface area contributed by atoms with E-state index < -0.39 is 14.4 Å². The van der Waals surface area contributed by atoms with Crippen LogP contribution in [0.25, 0.3) is 11.4 Å². The Kier molecular flexibility index (Phi) is 10.6. The minimum Gasteiger partial charge on any atom is -0.480 e. The average Bonchev–Trinajstić information content (AvgIpc) is 3.56. The first-order valence-corrected chi connectivity index (χ1v) is 19.2. The summed E-state index contributed by atoms with van der Waals surface area (Å²) in [6, 6.07) is 12.5. The Bertz CT molecular complexity index is 1770. The van der Waals surface area contributed by atoms with Gasteiger partial charge >= 0.3 is 6.01 Å². The highest BCUT2D eigenvalue weighted by Gasteiger charge is 2.48. The van der Waals surface area contributed by atoms with Crippen LogP contribution in [0, 0.1) is 6.92 Å². The molecule has 1 amide bonds. The van der Waals surface area contributed by atoms with Crippen LogP contribution in [0.5, 0.6) is 11.9 Å². The molecule has 9 nitrogen and oxygen atoms in total. The van der Waals surface area contributed by atoms with Crippen molar-refractivity contribution in [1.29, 1.82) is 0 Å². The minimum atomic E-state index is -2.24. The van der Waals surface area contributed by atoms with Gasteiger partial charge in [0.2, 0.25) is 5.88 Å². The number of aromatic nitrogens is 4. The molecule has 12 heteroatoms. The number of amides is 1. The van der Waals surface area contributed by atoms with Gasteiger partial charge in [0.15, 0.2) is 14.0 Å². The van der Waals surface area contributed by atoms with E-state index in [0.29, 0.717) is 56.0 Å². The number of fused-ring (bicyclic) bond motifs is 1. The summed E-state index contributed by atoms with van der Waals surface area (Å²) in [5.41, 5.74) is 5.29. The lowest BCUT2D eigenvalue weighted by molar-refractivity contribution is 0.0989. The summed E-state index contributed by atoms with van der Waals surface area (Å²) in [7, 11) is 0.797. The molecule has 5 rings (SSSR count). The Morgan fingerprint density at radius 3 is 2.08 bits per heavy atom. The van der Waals surface area contributed by atoms with Crippen molar-refractivity contribution in [2.45, 2.75) is 84.1 Å². The molecule has 1 unspecified atom stereocenters. The highest BCUT2D eigenvalue weighted by molar-refractivity contribution is 6.77. The zero-order chi connectivity index (χ0) is 35.1. The number of hydrogen-bond acceptors (Lipinski definition) is 7. The van der Waals surface area contributed by atoms with Gasteiger partial charge in [-0.15, -0.1) is 0 Å². The molecule has 1 aliphatic heterocycles. The van der Waals surface area contributed by atoms with Gasteiger partial charge in [0.1, 0.15) is 11.9 Å². The molecule has 0 bridgehead atoms. The number of aryl methyl sites for hydroxylation is 1. The topological polar surface area (TPSA) is 91.6 Å². The van der Waals surface area contributed by atoms with Crippen LogP contribution in [0.4, 0.5) is 5.69 Å². The van der Waals surface area contributed by atoms with E-state index in [4.69, 9.17) is 42.1 Å². The highest BCUT2D eigenvalue weighted by atomic mass is 35.5. The molecule has 0 saturated carbocycles. The number of anilines is 1. The van der Waals surface area contributed by atoms with Crippen molar-refractivity contribution in [3.8, 4) is 23.3 Å². The van der Waals surface area contributed by atoms with E-state index in [0.717, 1.165) is 16.8 Å². The number of benzene rings is 2. The molecule has 3 heterocycles. The summed E-state index contributed by atoms with van der Waals surface area (Å²) in [6.45, 7) is 18.2. The zero-order valence-electron chi connectivity index (χ0n) is 29.3. The SMILES string of the molecule is COc1ncc(-c2nc3c(n2[C@H](C)CO[Si](C(C)C)(C(C)C)C(C)C)C(c2ccc(Cl)cc2)N(c2cc(Cl)ccc2C)C3=O)c(OC)n1. The van der Waals surface area contributed by atoms with Crippen LogP contribution in [0.2, 0.25) is 26.7 Å². The summed E-state index contributed by atoms with van der Waals surface area (Å²) in [5.74, 6) is 0.552. The average molecular weight is 711 g/mol. The van der Waals surface area contributed by atoms with E-state index in [9.17, 15) is 4.79 Å². The number of nitrogens with zero attached hydrogens (tertiary/aromatic N) is 5. The van der Waals surface area contributed by atoms with Gasteiger partial charge in [-0.2, -0.15) is 4.98 Å². The van der Waals surface area contributed by atoms with E-state index in [1.54, 1.807) is 11.1 Å². The van der Waals surface area contributed by atoms with Crippen LogP contribution in [-0.4, -0.2) is 54.6 Å². The summed E-state index contributed by atoms with van der Waals surface area (Å²) in [4.78, 5) is 30.3. The quantitative estimate of drug-likeness (QED) is 0.135. The zero-order valence-corrected chi connectivity index (χ0v) is 31.8. The van der Waals surface area contributed by atoms with Crippen LogP contribution in [-0.2, 0) is 4.43 Å². The van der Waals surface area contributed by atoms with Gasteiger partial charge in [-0.1, -0.05) is 82.9 Å². The molecule has 0 saturated heterocycles. The maximum atomic E-state index is 14.6. The molecule has 0 spiro atoms. The lowest BCUT2D eigenvalue weighted by atomic mass is 10.0. The van der Waals surface area contributed by atoms with E-state index in [1.165, 1.54) is 14.2 Å². The predicted octanol–water partition coefficient (Wildman–Crippen LogP) is 9.48. The molecule has 2 aromatic carbocycles. The third-order valence-corrected chi connectivity index (χ3v) is 16.1. The molecule has 0 fully saturated rings. The van der Waals surface area contributed by atoms with E-state index in [1.807, 2.05) is 49.4 Å². The third kappa shape index (κ3) is 6.24. The number of carbonyl (C=O) groups excluding carboxylic acids is 1. The van der Waals surface area contributed by atoms with Crippen molar-refractivity contribution < 1.29 is 18.7 Å². The van der Waals surface area contributed by atoms with Gasteiger partial charge in [0, 0.05) is 21.9 Å². The second-order valence-electron chi connectivity index (χ2n) is 13.4. The van der Waals surface area contributed by atoms with Crippen LogP contribution in [0.15, 0.2) is 48.7 Å². The number of methoxy groups -OCH3 is 2. The molecule has 0 aliphatic carbocycles. The van der Waals surface area contributed by atoms with Gasteiger partial charge < -0.3 is 18.5 Å². The normalized spacial score (nSPS) is 15.5. The van der Waals surface area contributed by atoms with E-state index >= 15 is 0 Å². The fourth-order valence-corrected chi connectivity index (χ4v) is 13.3. The molecule has 2 aromatic heterocycles. The van der Waals surface area contributed by atoms with Crippen molar-refractivity contribution in [3.63, 3.8) is 0 Å². The molecule has 256 valence electrons. The van der Waals surface area contributed by atoms with Gasteiger partial charge in [-0.05, 0) is 65.9 Å². The van der Waals surface area contributed by atoms with Crippen molar-refractivity contribution in [2.75, 3.05) is 25.7 Å². The predicted molar refractivity (Wildman–Crippen MR) is 194 cm³/mol. The van der Waals surface area contributed by atoms with Crippen LogP contribution < -0.4 is 14.4 Å². The molecular formula is C36H45Cl2N5O4Si. The molecular weight excluding hydrogens is 665 g/mol. The largest absolute Gasteiger partial charge is 0.480 e. The molecule has 0 N–H and O–H groups in total. The Morgan fingerprint density at radius 2 is 1.50 bits per heavy atom. The first-order chi connectivity index (χ1) is 22.8. The Hall–Kier alpha value is -3.44. The molecule has 2 atom stereocenters. The van der Waals surface area contributed by atoms with Gasteiger partial charge in [-0.25, -0.2) is 9.97 Å². The second kappa shape index (κ2) is 14.2. The summed E-state index contributed by atoms with van der Waals surface area (Å²) in [6.07, 6.45) is 1.63. The molecule has 0 radical (unpaired) electrons. The fourth-order valence-electron chi connectivity index (χ4n) is 7.49. The van der Waals surface area contributed by atoms with Crippen molar-refractivity contribution >= 4 is 43.1 Å². The van der Waals surface area contributed by atoms with Crippen molar-refractivity contribution in [1.82, 2.24) is 19.5 Å². The number of rotatable bonds is 12. The van der Waals surface area contributed by atoms with Gasteiger partial charge in [-0.3, -0.25) is 9.69 Å². The highest BCUT2D eigenvalue weighted by Crippen LogP contribution is 2.48. The van der Waals surface area contributed by atoms with E-state index in [-0.39, 0.29) is 23.8 Å². The number of ether oxygens (including phenoxy) is 2. The van der Waals surface area contributed by atoms with E-state index in [2.05, 4.69) is 63.0 Å². The minimum absolute atomic E-state index is 0.164. The van der Waals surface area contributed by atoms with Gasteiger partial charge in [0.25, 0.3) is 5.91 Å². The fraction of sp³-hybridized carbons (Fsp3) is 0.444. The monoisotopic (exact) mass is 709 g/mol. The second-order valence-corrected chi connectivity index (χ2v) is 19.7. The lowest BCUT2D eigenvalue weighted by Gasteiger charge is -2.43. The first kappa shape index (κ1) is 35.9. The standard InChI is InChI=1S/C36H45Cl2N5O4Si/c1-20(2)48(21(3)4,22(5)6)47-19-24(8)42-32-30(40-33(42)28-18-39-36(46-10)41-34(28)45-9)35(44)43(29-17-27(38)14-11-23(29)7)31(32)25-12-15-26(37)16-13-25/h11-18,20-22,24,31H,19H2,1-10H3/t24-,31?/m1/s1. The number of halogens is 2. The summed E-state index contributed by atoms with van der Waals surface area (Å²) < 4.78 is 20.3. The molecule has 4 aromatic rings. The Labute approximate surface area is 294 Å². The first-order valence-electron chi connectivity index (χ1n) is 16.3. The van der Waals surface area contributed by atoms with Gasteiger partial charge in [0.05, 0.1) is 38.1 Å². The Morgan fingerprint density at radius 1 is 0.875 bits per heavy atom. The third-order valence-electron chi connectivity index (χ3n) is 9.57. The number of imidazole rings is 1.